The predicted octanol–water partition coefficient (Wildman–Crippen LogP) is 3.69. The van der Waals surface area contributed by atoms with Gasteiger partial charge in [-0.2, -0.15) is 4.98 Å². The van der Waals surface area contributed by atoms with Crippen LogP contribution in [0.1, 0.15) is 10.4 Å². The number of hydrogen-bond acceptors (Lipinski definition) is 7. The zero-order valence-electron chi connectivity index (χ0n) is 16.4. The Hall–Kier alpha value is -3.43. The molecule has 3 aromatic rings. The van der Waals surface area contributed by atoms with Crippen molar-refractivity contribution in [3.05, 3.63) is 65.1 Å². The van der Waals surface area contributed by atoms with Gasteiger partial charge >= 0.3 is 0 Å². The van der Waals surface area contributed by atoms with Crippen molar-refractivity contribution in [2.24, 2.45) is 5.73 Å². The van der Waals surface area contributed by atoms with Crippen LogP contribution in [0.25, 0.3) is 0 Å². The number of aromatic nitrogens is 2. The number of nitrogens with two attached hydrogens (primary N) is 1. The van der Waals surface area contributed by atoms with Gasteiger partial charge in [0.2, 0.25) is 5.95 Å². The molecule has 8 nitrogen and oxygen atoms in total. The molecule has 0 radical (unpaired) electrons. The second kappa shape index (κ2) is 9.15. The van der Waals surface area contributed by atoms with Crippen LogP contribution in [0.3, 0.4) is 0 Å². The highest BCUT2D eigenvalue weighted by Gasteiger charge is 2.16. The van der Waals surface area contributed by atoms with Crippen LogP contribution in [0.5, 0.6) is 0 Å². The van der Waals surface area contributed by atoms with Gasteiger partial charge in [0, 0.05) is 18.8 Å². The maximum absolute atomic E-state index is 14.6. The number of ether oxygens (including phenoxy) is 1. The number of anilines is 5. The molecule has 0 atom stereocenters. The summed E-state index contributed by atoms with van der Waals surface area (Å²) >= 11 is 6.21. The molecular formula is C21H20ClFN6O2. The Morgan fingerprint density at radius 1 is 1.16 bits per heavy atom. The lowest BCUT2D eigenvalue weighted by Crippen LogP contribution is -2.36. The molecule has 31 heavy (non-hydrogen) atoms. The minimum Gasteiger partial charge on any atom is -0.378 e. The maximum Gasteiger partial charge on any atom is 0.250 e. The number of benzene rings is 2. The van der Waals surface area contributed by atoms with Gasteiger partial charge in [-0.05, 0) is 30.3 Å². The molecule has 1 aliphatic rings. The lowest BCUT2D eigenvalue weighted by atomic mass is 10.1. The van der Waals surface area contributed by atoms with Crippen LogP contribution >= 0.6 is 11.6 Å². The molecule has 1 amide bonds. The normalized spacial score (nSPS) is 13.7. The summed E-state index contributed by atoms with van der Waals surface area (Å²) in [7, 11) is 0. The zero-order chi connectivity index (χ0) is 21.8. The molecule has 0 aliphatic carbocycles. The summed E-state index contributed by atoms with van der Waals surface area (Å²) in [5.41, 5.74) is 7.19. The predicted molar refractivity (Wildman–Crippen MR) is 118 cm³/mol. The molecule has 1 aromatic heterocycles. The molecular weight excluding hydrogens is 423 g/mol. The van der Waals surface area contributed by atoms with E-state index in [4.69, 9.17) is 22.1 Å². The summed E-state index contributed by atoms with van der Waals surface area (Å²) in [6.45, 7) is 2.44. The summed E-state index contributed by atoms with van der Waals surface area (Å²) in [4.78, 5) is 22.1. The fraction of sp³-hybridized carbons (Fsp3) is 0.190. The lowest BCUT2D eigenvalue weighted by molar-refractivity contribution is 0.100. The van der Waals surface area contributed by atoms with Gasteiger partial charge in [-0.1, -0.05) is 23.7 Å². The number of primary amides is 1. The number of carbonyl (C=O) groups excluding carboxylic acids is 1. The van der Waals surface area contributed by atoms with Crippen molar-refractivity contribution in [3.8, 4) is 0 Å². The monoisotopic (exact) mass is 442 g/mol. The highest BCUT2D eigenvalue weighted by Crippen LogP contribution is 2.28. The Morgan fingerprint density at radius 2 is 1.94 bits per heavy atom. The van der Waals surface area contributed by atoms with Crippen molar-refractivity contribution in [1.29, 1.82) is 0 Å². The van der Waals surface area contributed by atoms with Gasteiger partial charge in [-0.15, -0.1) is 0 Å². The molecule has 1 aliphatic heterocycles. The lowest BCUT2D eigenvalue weighted by Gasteiger charge is -2.29. The number of hydrogen-bond donors (Lipinski definition) is 3. The molecule has 0 spiro atoms. The molecule has 1 fully saturated rings. The van der Waals surface area contributed by atoms with Crippen LogP contribution in [0.2, 0.25) is 5.02 Å². The molecule has 4 N–H and O–H groups in total. The van der Waals surface area contributed by atoms with Gasteiger partial charge in [0.15, 0.2) is 5.82 Å². The first-order valence-electron chi connectivity index (χ1n) is 9.59. The van der Waals surface area contributed by atoms with Crippen LogP contribution in [0, 0.1) is 5.82 Å². The minimum absolute atomic E-state index is 0.210. The number of nitrogens with zero attached hydrogens (tertiary/aromatic N) is 3. The van der Waals surface area contributed by atoms with E-state index in [1.54, 1.807) is 36.4 Å². The maximum atomic E-state index is 14.6. The van der Waals surface area contributed by atoms with E-state index in [9.17, 15) is 9.18 Å². The van der Waals surface area contributed by atoms with Crippen molar-refractivity contribution in [1.82, 2.24) is 9.97 Å². The zero-order valence-corrected chi connectivity index (χ0v) is 17.2. The standard InChI is InChI=1S/C21H20ClFN6O2/c22-15-12-25-21(28-20(15)27-17-4-2-1-3-14(17)19(24)30)26-13-5-6-18(16(23)11-13)29-7-9-31-10-8-29/h1-6,11-12H,7-10H2,(H2,24,30)(H2,25,26,27,28). The number of carbonyl (C=O) groups is 1. The van der Waals surface area contributed by atoms with Gasteiger partial charge in [0.25, 0.3) is 5.91 Å². The van der Waals surface area contributed by atoms with Crippen molar-refractivity contribution in [3.63, 3.8) is 0 Å². The van der Waals surface area contributed by atoms with E-state index >= 15 is 0 Å². The number of rotatable bonds is 6. The Bertz CT molecular complexity index is 1110. The Kier molecular flexibility index (Phi) is 6.15. The van der Waals surface area contributed by atoms with Crippen molar-refractivity contribution in [2.45, 2.75) is 0 Å². The van der Waals surface area contributed by atoms with Gasteiger partial charge < -0.3 is 26.0 Å². The molecule has 4 rings (SSSR count). The van der Waals surface area contributed by atoms with Crippen molar-refractivity contribution >= 4 is 46.3 Å². The highest BCUT2D eigenvalue weighted by atomic mass is 35.5. The average molecular weight is 443 g/mol. The third-order valence-electron chi connectivity index (χ3n) is 4.75. The van der Waals surface area contributed by atoms with E-state index in [-0.39, 0.29) is 22.6 Å². The molecule has 10 heteroatoms. The Labute approximate surface area is 183 Å². The molecule has 160 valence electrons. The topological polar surface area (TPSA) is 105 Å². The van der Waals surface area contributed by atoms with E-state index in [1.165, 1.54) is 12.3 Å². The van der Waals surface area contributed by atoms with E-state index in [2.05, 4.69) is 20.6 Å². The SMILES string of the molecule is NC(=O)c1ccccc1Nc1nc(Nc2ccc(N3CCOCC3)c(F)c2)ncc1Cl. The van der Waals surface area contributed by atoms with Crippen LogP contribution < -0.4 is 21.3 Å². The van der Waals surface area contributed by atoms with Crippen LogP contribution in [-0.2, 0) is 4.74 Å². The van der Waals surface area contributed by atoms with Crippen LogP contribution in [-0.4, -0.2) is 42.2 Å². The quantitative estimate of drug-likeness (QED) is 0.534. The van der Waals surface area contributed by atoms with Gasteiger partial charge in [0.1, 0.15) is 10.8 Å². The van der Waals surface area contributed by atoms with E-state index in [0.29, 0.717) is 48.9 Å². The second-order valence-corrected chi connectivity index (χ2v) is 7.22. The molecule has 0 unspecified atom stereocenters. The van der Waals surface area contributed by atoms with Gasteiger partial charge in [-0.3, -0.25) is 4.79 Å². The Balaban J connectivity index is 1.54. The highest BCUT2D eigenvalue weighted by molar-refractivity contribution is 6.33. The summed E-state index contributed by atoms with van der Waals surface area (Å²) in [6.07, 6.45) is 1.41. The number of halogens is 2. The fourth-order valence-electron chi connectivity index (χ4n) is 3.22. The number of amides is 1. The van der Waals surface area contributed by atoms with Gasteiger partial charge in [-0.25, -0.2) is 9.37 Å². The summed E-state index contributed by atoms with van der Waals surface area (Å²) in [5, 5.41) is 6.21. The fourth-order valence-corrected chi connectivity index (χ4v) is 3.36. The first-order chi connectivity index (χ1) is 15.0. The molecule has 0 saturated carbocycles. The van der Waals surface area contributed by atoms with Crippen molar-refractivity contribution in [2.75, 3.05) is 41.8 Å². The molecule has 2 aromatic carbocycles. The Morgan fingerprint density at radius 3 is 2.68 bits per heavy atom. The third kappa shape index (κ3) is 4.84. The minimum atomic E-state index is -0.581. The smallest absolute Gasteiger partial charge is 0.250 e. The molecule has 2 heterocycles. The van der Waals surface area contributed by atoms with Crippen molar-refractivity contribution < 1.29 is 13.9 Å². The van der Waals surface area contributed by atoms with Crippen LogP contribution in [0.4, 0.5) is 33.2 Å². The van der Waals surface area contributed by atoms with E-state index in [1.807, 2.05) is 4.90 Å². The third-order valence-corrected chi connectivity index (χ3v) is 5.02. The summed E-state index contributed by atoms with van der Waals surface area (Å²) < 4.78 is 20.0. The van der Waals surface area contributed by atoms with Gasteiger partial charge in [0.05, 0.1) is 36.3 Å². The summed E-state index contributed by atoms with van der Waals surface area (Å²) in [5.74, 6) is -0.447. The number of para-hydroxylation sites is 1. The summed E-state index contributed by atoms with van der Waals surface area (Å²) in [6, 6.07) is 11.6. The van der Waals surface area contributed by atoms with E-state index < -0.39 is 5.91 Å². The van der Waals surface area contributed by atoms with E-state index in [0.717, 1.165) is 0 Å². The first kappa shape index (κ1) is 20.8. The van der Waals surface area contributed by atoms with Crippen LogP contribution in [0.15, 0.2) is 48.7 Å². The first-order valence-corrected chi connectivity index (χ1v) is 9.97. The molecule has 0 bridgehead atoms. The largest absolute Gasteiger partial charge is 0.378 e. The second-order valence-electron chi connectivity index (χ2n) is 6.82. The molecule has 1 saturated heterocycles. The number of nitrogens with one attached hydrogen (secondary N) is 2. The number of morpholine rings is 1. The average Bonchev–Trinajstić information content (AvgIpc) is 2.77.